The highest BCUT2D eigenvalue weighted by Crippen LogP contribution is 2.30. The van der Waals surface area contributed by atoms with Crippen LogP contribution in [0.4, 0.5) is 10.5 Å². The van der Waals surface area contributed by atoms with E-state index in [2.05, 4.69) is 10.6 Å². The number of carbonyl (C=O) groups is 2. The Labute approximate surface area is 170 Å². The summed E-state index contributed by atoms with van der Waals surface area (Å²) in [5.41, 5.74) is 3.83. The molecule has 0 aliphatic carbocycles. The van der Waals surface area contributed by atoms with E-state index in [0.717, 1.165) is 28.8 Å². The van der Waals surface area contributed by atoms with Crippen LogP contribution in [0.3, 0.4) is 0 Å². The van der Waals surface area contributed by atoms with E-state index in [4.69, 9.17) is 0 Å². The molecule has 0 saturated heterocycles. The molecule has 5 heteroatoms. The Morgan fingerprint density at radius 3 is 2.28 bits per heavy atom. The first-order valence-electron chi connectivity index (χ1n) is 9.75. The fourth-order valence-electron chi connectivity index (χ4n) is 3.62. The minimum Gasteiger partial charge on any atom is -0.334 e. The van der Waals surface area contributed by atoms with E-state index in [0.29, 0.717) is 13.1 Å². The van der Waals surface area contributed by atoms with Crippen molar-refractivity contribution in [3.63, 3.8) is 0 Å². The largest absolute Gasteiger partial charge is 0.334 e. The highest BCUT2D eigenvalue weighted by atomic mass is 16.2. The van der Waals surface area contributed by atoms with E-state index >= 15 is 0 Å². The molecule has 3 aromatic rings. The number of anilines is 1. The van der Waals surface area contributed by atoms with Crippen LogP contribution in [0.5, 0.6) is 0 Å². The van der Waals surface area contributed by atoms with Crippen LogP contribution >= 0.6 is 0 Å². The van der Waals surface area contributed by atoms with Gasteiger partial charge in [-0.25, -0.2) is 4.79 Å². The van der Waals surface area contributed by atoms with Crippen LogP contribution in [0, 0.1) is 0 Å². The molecule has 2 N–H and O–H groups in total. The van der Waals surface area contributed by atoms with Crippen molar-refractivity contribution >= 4 is 17.6 Å². The molecule has 0 saturated carbocycles. The van der Waals surface area contributed by atoms with Crippen molar-refractivity contribution in [1.82, 2.24) is 10.6 Å². The quantitative estimate of drug-likeness (QED) is 0.701. The van der Waals surface area contributed by atoms with Gasteiger partial charge in [-0.3, -0.25) is 4.79 Å². The zero-order chi connectivity index (χ0) is 20.1. The number of carbonyl (C=O) groups excluding carboxylic acids is 2. The van der Waals surface area contributed by atoms with E-state index in [-0.39, 0.29) is 11.9 Å². The summed E-state index contributed by atoms with van der Waals surface area (Å²) in [6.07, 6.45) is 0.823. The zero-order valence-electron chi connectivity index (χ0n) is 16.0. The fourth-order valence-corrected chi connectivity index (χ4v) is 3.62. The molecule has 29 heavy (non-hydrogen) atoms. The third-order valence-corrected chi connectivity index (χ3v) is 5.10. The summed E-state index contributed by atoms with van der Waals surface area (Å²) in [6, 6.07) is 25.8. The summed E-state index contributed by atoms with van der Waals surface area (Å²) >= 11 is 0. The van der Waals surface area contributed by atoms with E-state index in [1.54, 1.807) is 4.90 Å². The van der Waals surface area contributed by atoms with E-state index in [1.165, 1.54) is 0 Å². The highest BCUT2D eigenvalue weighted by Gasteiger charge is 2.32. The molecule has 146 valence electrons. The number of amides is 3. The van der Waals surface area contributed by atoms with Gasteiger partial charge < -0.3 is 15.5 Å². The second kappa shape index (κ2) is 8.61. The van der Waals surface area contributed by atoms with Gasteiger partial charge in [0.05, 0.1) is 0 Å². The number of nitrogens with one attached hydrogen (secondary N) is 2. The van der Waals surface area contributed by atoms with Crippen molar-refractivity contribution in [2.24, 2.45) is 0 Å². The molecule has 0 radical (unpaired) electrons. The number of fused-ring (bicyclic) bond motifs is 1. The average Bonchev–Trinajstić information content (AvgIpc) is 3.21. The van der Waals surface area contributed by atoms with Crippen LogP contribution in [0.1, 0.15) is 22.7 Å². The molecule has 0 aromatic heterocycles. The Bertz CT molecular complexity index is 989. The molecule has 3 aromatic carbocycles. The van der Waals surface area contributed by atoms with Gasteiger partial charge >= 0.3 is 6.03 Å². The van der Waals surface area contributed by atoms with Gasteiger partial charge in [0.1, 0.15) is 6.04 Å². The smallest absolute Gasteiger partial charge is 0.315 e. The summed E-state index contributed by atoms with van der Waals surface area (Å²) < 4.78 is 0. The summed E-state index contributed by atoms with van der Waals surface area (Å²) in [5, 5.41) is 5.71. The molecule has 1 heterocycles. The van der Waals surface area contributed by atoms with Gasteiger partial charge in [-0.1, -0.05) is 78.9 Å². The van der Waals surface area contributed by atoms with Crippen LogP contribution in [0.15, 0.2) is 84.9 Å². The summed E-state index contributed by atoms with van der Waals surface area (Å²) in [7, 11) is 0. The predicted octanol–water partition coefficient (Wildman–Crippen LogP) is 3.82. The van der Waals surface area contributed by atoms with Crippen LogP contribution in [-0.2, 0) is 17.8 Å². The van der Waals surface area contributed by atoms with Crippen molar-refractivity contribution < 1.29 is 9.59 Å². The second-order valence-corrected chi connectivity index (χ2v) is 7.02. The van der Waals surface area contributed by atoms with Crippen molar-refractivity contribution in [2.45, 2.75) is 19.0 Å². The van der Waals surface area contributed by atoms with Gasteiger partial charge in [0.25, 0.3) is 5.91 Å². The number of nitrogens with zero attached hydrogens (tertiary/aromatic N) is 1. The zero-order valence-corrected chi connectivity index (χ0v) is 16.0. The predicted molar refractivity (Wildman–Crippen MR) is 113 cm³/mol. The Morgan fingerprint density at radius 1 is 0.862 bits per heavy atom. The fraction of sp³-hybridized carbons (Fsp3) is 0.167. The SMILES string of the molecule is O=C(NCc1ccccc1)NC(C(=O)N1CCc2ccccc21)c1ccccc1. The van der Waals surface area contributed by atoms with Gasteiger partial charge in [0, 0.05) is 18.8 Å². The lowest BCUT2D eigenvalue weighted by atomic mass is 10.1. The molecule has 1 aliphatic rings. The lowest BCUT2D eigenvalue weighted by Crippen LogP contribution is -2.45. The normalized spacial score (nSPS) is 13.4. The maximum absolute atomic E-state index is 13.4. The molecular formula is C24H23N3O2. The Hall–Kier alpha value is -3.60. The van der Waals surface area contributed by atoms with E-state index < -0.39 is 6.04 Å². The molecule has 1 unspecified atom stereocenters. The van der Waals surface area contributed by atoms with Gasteiger partial charge in [-0.2, -0.15) is 0 Å². The van der Waals surface area contributed by atoms with Gasteiger partial charge in [0.15, 0.2) is 0 Å². The molecule has 0 bridgehead atoms. The van der Waals surface area contributed by atoms with Crippen molar-refractivity contribution in [2.75, 3.05) is 11.4 Å². The van der Waals surface area contributed by atoms with Crippen LogP contribution in [-0.4, -0.2) is 18.5 Å². The molecule has 5 nitrogen and oxygen atoms in total. The van der Waals surface area contributed by atoms with Crippen LogP contribution < -0.4 is 15.5 Å². The number of benzene rings is 3. The lowest BCUT2D eigenvalue weighted by Gasteiger charge is -2.25. The summed E-state index contributed by atoms with van der Waals surface area (Å²) in [4.78, 5) is 27.7. The monoisotopic (exact) mass is 385 g/mol. The number of urea groups is 1. The molecule has 0 fully saturated rings. The number of hydrogen-bond acceptors (Lipinski definition) is 2. The van der Waals surface area contributed by atoms with Crippen LogP contribution in [0.2, 0.25) is 0 Å². The lowest BCUT2D eigenvalue weighted by molar-refractivity contribution is -0.120. The summed E-state index contributed by atoms with van der Waals surface area (Å²) in [6.45, 7) is 1.02. The second-order valence-electron chi connectivity index (χ2n) is 7.02. The molecule has 4 rings (SSSR count). The Balaban J connectivity index is 1.51. The van der Waals surface area contributed by atoms with E-state index in [9.17, 15) is 9.59 Å². The van der Waals surface area contributed by atoms with Crippen LogP contribution in [0.25, 0.3) is 0 Å². The molecule has 1 aliphatic heterocycles. The average molecular weight is 385 g/mol. The van der Waals surface area contributed by atoms with Gasteiger partial charge in [-0.15, -0.1) is 0 Å². The molecule has 3 amide bonds. The van der Waals surface area contributed by atoms with Crippen molar-refractivity contribution in [3.05, 3.63) is 102 Å². The molecule has 0 spiro atoms. The first kappa shape index (κ1) is 18.7. The first-order valence-corrected chi connectivity index (χ1v) is 9.75. The number of hydrogen-bond donors (Lipinski definition) is 2. The minimum absolute atomic E-state index is 0.129. The number of rotatable bonds is 5. The maximum atomic E-state index is 13.4. The van der Waals surface area contributed by atoms with Gasteiger partial charge in [-0.05, 0) is 29.2 Å². The first-order chi connectivity index (χ1) is 14.2. The summed E-state index contributed by atoms with van der Waals surface area (Å²) in [5.74, 6) is -0.129. The van der Waals surface area contributed by atoms with Gasteiger partial charge in [0.2, 0.25) is 0 Å². The maximum Gasteiger partial charge on any atom is 0.315 e. The molecule has 1 atom stereocenters. The molecular weight excluding hydrogens is 362 g/mol. The third kappa shape index (κ3) is 4.29. The Kier molecular flexibility index (Phi) is 5.56. The topological polar surface area (TPSA) is 61.4 Å². The van der Waals surface area contributed by atoms with E-state index in [1.807, 2.05) is 84.9 Å². The number of para-hydroxylation sites is 1. The van der Waals surface area contributed by atoms with Crippen molar-refractivity contribution in [3.8, 4) is 0 Å². The standard InChI is InChI=1S/C24H23N3O2/c28-23(27-16-15-19-11-7-8-14-21(19)27)22(20-12-5-2-6-13-20)26-24(29)25-17-18-9-3-1-4-10-18/h1-14,22H,15-17H2,(H2,25,26,29). The Morgan fingerprint density at radius 2 is 1.52 bits per heavy atom. The third-order valence-electron chi connectivity index (χ3n) is 5.10. The van der Waals surface area contributed by atoms with Crippen molar-refractivity contribution in [1.29, 1.82) is 0 Å². The minimum atomic E-state index is -0.752. The highest BCUT2D eigenvalue weighted by molar-refractivity contribution is 6.01.